The summed E-state index contributed by atoms with van der Waals surface area (Å²) in [6.07, 6.45) is 1.69. The molecule has 1 aliphatic rings. The van der Waals surface area contributed by atoms with Crippen LogP contribution in [-0.4, -0.2) is 29.4 Å². The van der Waals surface area contributed by atoms with Gasteiger partial charge in [-0.3, -0.25) is 0 Å². The van der Waals surface area contributed by atoms with Crippen molar-refractivity contribution in [3.8, 4) is 5.75 Å². The number of rotatable bonds is 3. The number of anilines is 1. The largest absolute Gasteiger partial charge is 0.491 e. The SMILES string of the molecule is CC(C)Oc1ccc(N2CCC(O)CC2(C)C)cc1. The molecule has 0 spiro atoms. The summed E-state index contributed by atoms with van der Waals surface area (Å²) >= 11 is 0. The van der Waals surface area contributed by atoms with Crippen molar-refractivity contribution in [2.75, 3.05) is 11.4 Å². The Morgan fingerprint density at radius 2 is 1.89 bits per heavy atom. The average Bonchev–Trinajstić information content (AvgIpc) is 2.28. The molecule has 1 unspecified atom stereocenters. The molecule has 0 aromatic heterocycles. The van der Waals surface area contributed by atoms with Crippen LogP contribution in [0.2, 0.25) is 0 Å². The lowest BCUT2D eigenvalue weighted by Gasteiger charge is -2.46. The monoisotopic (exact) mass is 263 g/mol. The van der Waals surface area contributed by atoms with Crippen LogP contribution in [0.3, 0.4) is 0 Å². The zero-order chi connectivity index (χ0) is 14.0. The molecule has 1 atom stereocenters. The Kier molecular flexibility index (Phi) is 4.04. The second kappa shape index (κ2) is 5.41. The zero-order valence-corrected chi connectivity index (χ0v) is 12.4. The highest BCUT2D eigenvalue weighted by molar-refractivity contribution is 5.51. The van der Waals surface area contributed by atoms with Gasteiger partial charge in [0.1, 0.15) is 5.75 Å². The summed E-state index contributed by atoms with van der Waals surface area (Å²) in [5, 5.41) is 9.81. The van der Waals surface area contributed by atoms with Gasteiger partial charge >= 0.3 is 0 Å². The van der Waals surface area contributed by atoms with Gasteiger partial charge in [-0.15, -0.1) is 0 Å². The van der Waals surface area contributed by atoms with Crippen molar-refractivity contribution in [2.45, 2.75) is 58.3 Å². The number of aliphatic hydroxyl groups excluding tert-OH is 1. The number of nitrogens with zero attached hydrogens (tertiary/aromatic N) is 1. The Bertz CT molecular complexity index is 411. The van der Waals surface area contributed by atoms with Crippen molar-refractivity contribution < 1.29 is 9.84 Å². The normalized spacial score (nSPS) is 22.6. The summed E-state index contributed by atoms with van der Waals surface area (Å²) in [4.78, 5) is 2.37. The Morgan fingerprint density at radius 1 is 1.26 bits per heavy atom. The number of aliphatic hydroxyl groups is 1. The molecule has 0 aliphatic carbocycles. The summed E-state index contributed by atoms with van der Waals surface area (Å²) in [6, 6.07) is 8.27. The third-order valence-corrected chi connectivity index (χ3v) is 3.67. The highest BCUT2D eigenvalue weighted by atomic mass is 16.5. The number of hydrogen-bond donors (Lipinski definition) is 1. The average molecular weight is 263 g/mol. The summed E-state index contributed by atoms with van der Waals surface area (Å²) in [6.45, 7) is 9.34. The van der Waals surface area contributed by atoms with E-state index >= 15 is 0 Å². The molecule has 1 heterocycles. The zero-order valence-electron chi connectivity index (χ0n) is 12.4. The molecule has 1 saturated heterocycles. The van der Waals surface area contributed by atoms with Crippen LogP contribution in [0.1, 0.15) is 40.5 Å². The van der Waals surface area contributed by atoms with Gasteiger partial charge < -0.3 is 14.7 Å². The maximum absolute atomic E-state index is 9.81. The van der Waals surface area contributed by atoms with Crippen LogP contribution in [-0.2, 0) is 0 Å². The quantitative estimate of drug-likeness (QED) is 0.909. The Morgan fingerprint density at radius 3 is 2.42 bits per heavy atom. The van der Waals surface area contributed by atoms with Gasteiger partial charge in [0.25, 0.3) is 0 Å². The van der Waals surface area contributed by atoms with Crippen molar-refractivity contribution in [1.29, 1.82) is 0 Å². The predicted octanol–water partition coefficient (Wildman–Crippen LogP) is 3.21. The molecule has 0 saturated carbocycles. The van der Waals surface area contributed by atoms with Crippen LogP contribution in [0.5, 0.6) is 5.75 Å². The fraction of sp³-hybridized carbons (Fsp3) is 0.625. The molecule has 2 rings (SSSR count). The van der Waals surface area contributed by atoms with Gasteiger partial charge in [0.2, 0.25) is 0 Å². The van der Waals surface area contributed by atoms with Crippen LogP contribution < -0.4 is 9.64 Å². The van der Waals surface area contributed by atoms with Crippen molar-refractivity contribution in [3.05, 3.63) is 24.3 Å². The van der Waals surface area contributed by atoms with Crippen LogP contribution in [0.25, 0.3) is 0 Å². The van der Waals surface area contributed by atoms with E-state index in [4.69, 9.17) is 4.74 Å². The highest BCUT2D eigenvalue weighted by Gasteiger charge is 2.33. The molecule has 1 aromatic carbocycles. The number of benzene rings is 1. The molecule has 1 fully saturated rings. The lowest BCUT2D eigenvalue weighted by molar-refractivity contribution is 0.107. The Balaban J connectivity index is 2.13. The molecule has 3 heteroatoms. The molecule has 0 amide bonds. The van der Waals surface area contributed by atoms with E-state index in [1.807, 2.05) is 26.0 Å². The summed E-state index contributed by atoms with van der Waals surface area (Å²) < 4.78 is 5.67. The van der Waals surface area contributed by atoms with E-state index in [-0.39, 0.29) is 17.7 Å². The van der Waals surface area contributed by atoms with Crippen LogP contribution >= 0.6 is 0 Å². The molecule has 106 valence electrons. The van der Waals surface area contributed by atoms with E-state index in [2.05, 4.69) is 30.9 Å². The minimum atomic E-state index is -0.171. The van der Waals surface area contributed by atoms with Gasteiger partial charge in [-0.1, -0.05) is 0 Å². The van der Waals surface area contributed by atoms with Gasteiger partial charge in [-0.25, -0.2) is 0 Å². The number of hydrogen-bond acceptors (Lipinski definition) is 3. The molecule has 3 nitrogen and oxygen atoms in total. The van der Waals surface area contributed by atoms with E-state index in [0.29, 0.717) is 0 Å². The van der Waals surface area contributed by atoms with E-state index in [1.54, 1.807) is 0 Å². The summed E-state index contributed by atoms with van der Waals surface area (Å²) in [7, 11) is 0. The van der Waals surface area contributed by atoms with Crippen LogP contribution in [0, 0.1) is 0 Å². The van der Waals surface area contributed by atoms with Gasteiger partial charge in [0.05, 0.1) is 12.2 Å². The fourth-order valence-electron chi connectivity index (χ4n) is 2.83. The first-order valence-corrected chi connectivity index (χ1v) is 7.11. The molecule has 0 bridgehead atoms. The second-order valence-electron chi connectivity index (χ2n) is 6.27. The van der Waals surface area contributed by atoms with Crippen molar-refractivity contribution in [3.63, 3.8) is 0 Å². The standard InChI is InChI=1S/C16H25NO2/c1-12(2)19-15-7-5-13(6-8-15)17-10-9-14(18)11-16(17,3)4/h5-8,12,14,18H,9-11H2,1-4H3. The van der Waals surface area contributed by atoms with Crippen molar-refractivity contribution >= 4 is 5.69 Å². The van der Waals surface area contributed by atoms with E-state index in [0.717, 1.165) is 25.1 Å². The van der Waals surface area contributed by atoms with Gasteiger partial charge in [0, 0.05) is 17.8 Å². The Hall–Kier alpha value is -1.22. The molecular weight excluding hydrogens is 238 g/mol. The lowest BCUT2D eigenvalue weighted by atomic mass is 9.88. The highest BCUT2D eigenvalue weighted by Crippen LogP contribution is 2.33. The maximum Gasteiger partial charge on any atom is 0.119 e. The van der Waals surface area contributed by atoms with Gasteiger partial charge in [0.15, 0.2) is 0 Å². The van der Waals surface area contributed by atoms with Crippen molar-refractivity contribution in [2.24, 2.45) is 0 Å². The minimum absolute atomic E-state index is 0.00190. The second-order valence-corrected chi connectivity index (χ2v) is 6.27. The van der Waals surface area contributed by atoms with E-state index in [9.17, 15) is 5.11 Å². The number of piperidine rings is 1. The van der Waals surface area contributed by atoms with Gasteiger partial charge in [-0.2, -0.15) is 0 Å². The third kappa shape index (κ3) is 3.41. The van der Waals surface area contributed by atoms with Crippen molar-refractivity contribution in [1.82, 2.24) is 0 Å². The smallest absolute Gasteiger partial charge is 0.119 e. The lowest BCUT2D eigenvalue weighted by Crippen LogP contribution is -2.51. The predicted molar refractivity (Wildman–Crippen MR) is 78.9 cm³/mol. The van der Waals surface area contributed by atoms with Gasteiger partial charge in [-0.05, 0) is 64.8 Å². The summed E-state index contributed by atoms with van der Waals surface area (Å²) in [5.74, 6) is 0.911. The first kappa shape index (κ1) is 14.2. The third-order valence-electron chi connectivity index (χ3n) is 3.67. The summed E-state index contributed by atoms with van der Waals surface area (Å²) in [5.41, 5.74) is 1.20. The minimum Gasteiger partial charge on any atom is -0.491 e. The maximum atomic E-state index is 9.81. The van der Waals surface area contributed by atoms with E-state index in [1.165, 1.54) is 5.69 Å². The fourth-order valence-corrected chi connectivity index (χ4v) is 2.83. The number of ether oxygens (including phenoxy) is 1. The molecule has 19 heavy (non-hydrogen) atoms. The van der Waals surface area contributed by atoms with Crippen LogP contribution in [0.4, 0.5) is 5.69 Å². The molecule has 1 N–H and O–H groups in total. The molecule has 1 aliphatic heterocycles. The first-order chi connectivity index (χ1) is 8.88. The Labute approximate surface area is 116 Å². The van der Waals surface area contributed by atoms with E-state index < -0.39 is 0 Å². The molecule has 1 aromatic rings. The first-order valence-electron chi connectivity index (χ1n) is 7.11. The topological polar surface area (TPSA) is 32.7 Å². The van der Waals surface area contributed by atoms with Crippen LogP contribution in [0.15, 0.2) is 24.3 Å². The molecular formula is C16H25NO2. The molecule has 0 radical (unpaired) electrons.